The van der Waals surface area contributed by atoms with E-state index in [2.05, 4.69) is 0 Å². The van der Waals surface area contributed by atoms with Crippen LogP contribution < -0.4 is 0 Å². The molecule has 0 spiro atoms. The van der Waals surface area contributed by atoms with Crippen LogP contribution in [0.25, 0.3) is 0 Å². The zero-order valence-electron chi connectivity index (χ0n) is 7.85. The average Bonchev–Trinajstić information content (AvgIpc) is 2.61. The van der Waals surface area contributed by atoms with Crippen LogP contribution in [0.3, 0.4) is 0 Å². The van der Waals surface area contributed by atoms with Crippen LogP contribution >= 0.6 is 11.6 Å². The molecule has 2 unspecified atom stereocenters. The van der Waals surface area contributed by atoms with Crippen molar-refractivity contribution in [3.8, 4) is 0 Å². The number of hydrogen-bond acceptors (Lipinski definition) is 3. The molecule has 0 bridgehead atoms. The van der Waals surface area contributed by atoms with Crippen LogP contribution in [-0.4, -0.2) is 18.9 Å². The highest BCUT2D eigenvalue weighted by Crippen LogP contribution is 2.31. The van der Waals surface area contributed by atoms with E-state index in [-0.39, 0.29) is 12.5 Å². The summed E-state index contributed by atoms with van der Waals surface area (Å²) >= 11 is 5.75. The Morgan fingerprint density at radius 2 is 2.00 bits per heavy atom. The Morgan fingerprint density at radius 1 is 1.33 bits per heavy atom. The van der Waals surface area contributed by atoms with Crippen LogP contribution in [0.4, 0.5) is 0 Å². The molecular weight excluding hydrogens is 216 g/mol. The summed E-state index contributed by atoms with van der Waals surface area (Å²) in [6.45, 7) is 0.268. The van der Waals surface area contributed by atoms with Gasteiger partial charge >= 0.3 is 5.97 Å². The van der Waals surface area contributed by atoms with Crippen LogP contribution in [0.1, 0.15) is 11.5 Å². The van der Waals surface area contributed by atoms with Gasteiger partial charge in [-0.15, -0.1) is 0 Å². The molecule has 1 aliphatic rings. The van der Waals surface area contributed by atoms with E-state index in [9.17, 15) is 9.59 Å². The van der Waals surface area contributed by atoms with E-state index in [0.717, 1.165) is 5.56 Å². The highest BCUT2D eigenvalue weighted by atomic mass is 35.5. The summed E-state index contributed by atoms with van der Waals surface area (Å²) in [5.41, 5.74) is 0.905. The maximum atomic E-state index is 11.2. The van der Waals surface area contributed by atoms with Gasteiger partial charge in [0.2, 0.25) is 0 Å². The van der Waals surface area contributed by atoms with Gasteiger partial charge in [-0.1, -0.05) is 23.7 Å². The van der Waals surface area contributed by atoms with Gasteiger partial charge in [-0.25, -0.2) is 0 Å². The molecule has 1 aromatic rings. The predicted molar refractivity (Wildman–Crippen MR) is 54.7 cm³/mol. The topological polar surface area (TPSA) is 43.4 Å². The van der Waals surface area contributed by atoms with Crippen LogP contribution in [0.5, 0.6) is 0 Å². The second-order valence-electron chi connectivity index (χ2n) is 3.45. The first-order valence-electron chi connectivity index (χ1n) is 4.60. The molecule has 1 fully saturated rings. The van der Waals surface area contributed by atoms with Crippen molar-refractivity contribution in [2.24, 2.45) is 5.92 Å². The second-order valence-corrected chi connectivity index (χ2v) is 3.89. The van der Waals surface area contributed by atoms with E-state index < -0.39 is 11.9 Å². The van der Waals surface area contributed by atoms with Crippen molar-refractivity contribution in [3.05, 3.63) is 34.9 Å². The van der Waals surface area contributed by atoms with Crippen molar-refractivity contribution in [2.75, 3.05) is 6.61 Å². The van der Waals surface area contributed by atoms with Gasteiger partial charge in [-0.3, -0.25) is 4.79 Å². The Hall–Kier alpha value is -1.35. The van der Waals surface area contributed by atoms with Gasteiger partial charge in [0.1, 0.15) is 12.2 Å². The van der Waals surface area contributed by atoms with Crippen molar-refractivity contribution < 1.29 is 14.3 Å². The number of cyclic esters (lactones) is 1. The lowest BCUT2D eigenvalue weighted by molar-refractivity contribution is -0.142. The van der Waals surface area contributed by atoms with Gasteiger partial charge in [0.25, 0.3) is 0 Å². The lowest BCUT2D eigenvalue weighted by atomic mass is 9.90. The van der Waals surface area contributed by atoms with Gasteiger partial charge < -0.3 is 9.53 Å². The zero-order valence-corrected chi connectivity index (χ0v) is 8.61. The fraction of sp³-hybridized carbons (Fsp3) is 0.273. The zero-order chi connectivity index (χ0) is 10.8. The molecule has 0 radical (unpaired) electrons. The lowest BCUT2D eigenvalue weighted by Crippen LogP contribution is -2.15. The Kier molecular flexibility index (Phi) is 2.73. The monoisotopic (exact) mass is 224 g/mol. The molecule has 4 heteroatoms. The van der Waals surface area contributed by atoms with Crippen LogP contribution in [0.15, 0.2) is 24.3 Å². The fourth-order valence-corrected chi connectivity index (χ4v) is 1.83. The number of halogens is 1. The average molecular weight is 225 g/mol. The molecule has 0 N–H and O–H groups in total. The summed E-state index contributed by atoms with van der Waals surface area (Å²) in [7, 11) is 0. The molecule has 0 aromatic heterocycles. The lowest BCUT2D eigenvalue weighted by Gasteiger charge is -2.09. The number of benzene rings is 1. The van der Waals surface area contributed by atoms with E-state index >= 15 is 0 Å². The van der Waals surface area contributed by atoms with Crippen molar-refractivity contribution in [3.63, 3.8) is 0 Å². The number of aldehydes is 1. The van der Waals surface area contributed by atoms with Crippen molar-refractivity contribution in [1.29, 1.82) is 0 Å². The fourth-order valence-electron chi connectivity index (χ4n) is 1.70. The number of rotatable bonds is 2. The molecular formula is C11H9ClO3. The Bertz CT molecular complexity index is 385. The molecule has 3 nitrogen and oxygen atoms in total. The summed E-state index contributed by atoms with van der Waals surface area (Å²) in [6, 6.07) is 7.10. The van der Waals surface area contributed by atoms with Gasteiger partial charge in [0.05, 0.1) is 6.61 Å². The summed E-state index contributed by atoms with van der Waals surface area (Å²) in [6.07, 6.45) is 0.647. The van der Waals surface area contributed by atoms with Crippen molar-refractivity contribution in [2.45, 2.75) is 5.92 Å². The minimum absolute atomic E-state index is 0.174. The van der Waals surface area contributed by atoms with E-state index in [4.69, 9.17) is 16.3 Å². The maximum absolute atomic E-state index is 11.2. The molecule has 0 aliphatic carbocycles. The third-order valence-electron chi connectivity index (χ3n) is 2.56. The molecule has 0 saturated carbocycles. The number of ether oxygens (including phenoxy) is 1. The SMILES string of the molecule is O=CC1C(=O)OCC1c1ccc(Cl)cc1. The Morgan fingerprint density at radius 3 is 2.60 bits per heavy atom. The van der Waals surface area contributed by atoms with Crippen molar-refractivity contribution >= 4 is 23.9 Å². The van der Waals surface area contributed by atoms with E-state index in [1.54, 1.807) is 12.1 Å². The van der Waals surface area contributed by atoms with Gasteiger partial charge in [0, 0.05) is 10.9 Å². The summed E-state index contributed by atoms with van der Waals surface area (Å²) in [5, 5.41) is 0.631. The Balaban J connectivity index is 2.27. The normalized spacial score (nSPS) is 25.0. The van der Waals surface area contributed by atoms with E-state index in [1.807, 2.05) is 12.1 Å². The highest BCUT2D eigenvalue weighted by molar-refractivity contribution is 6.30. The van der Waals surface area contributed by atoms with Crippen LogP contribution in [-0.2, 0) is 14.3 Å². The molecule has 1 heterocycles. The Labute approximate surface area is 92.0 Å². The molecule has 1 saturated heterocycles. The molecule has 1 aliphatic heterocycles. The molecule has 2 rings (SSSR count). The molecule has 2 atom stereocenters. The van der Waals surface area contributed by atoms with Crippen LogP contribution in [0.2, 0.25) is 5.02 Å². The maximum Gasteiger partial charge on any atom is 0.316 e. The first-order chi connectivity index (χ1) is 7.22. The smallest absolute Gasteiger partial charge is 0.316 e. The number of esters is 1. The summed E-state index contributed by atoms with van der Waals surface area (Å²) in [5.74, 6) is -1.29. The number of hydrogen-bond donors (Lipinski definition) is 0. The van der Waals surface area contributed by atoms with Gasteiger partial charge in [0.15, 0.2) is 0 Å². The largest absolute Gasteiger partial charge is 0.464 e. The van der Waals surface area contributed by atoms with Gasteiger partial charge in [-0.2, -0.15) is 0 Å². The third kappa shape index (κ3) is 1.88. The predicted octanol–water partition coefficient (Wildman–Crippen LogP) is 1.80. The minimum Gasteiger partial charge on any atom is -0.464 e. The second kappa shape index (κ2) is 4.03. The number of carbonyl (C=O) groups excluding carboxylic acids is 2. The van der Waals surface area contributed by atoms with E-state index in [0.29, 0.717) is 11.3 Å². The quantitative estimate of drug-likeness (QED) is 0.437. The highest BCUT2D eigenvalue weighted by Gasteiger charge is 2.37. The molecule has 15 heavy (non-hydrogen) atoms. The third-order valence-corrected chi connectivity index (χ3v) is 2.81. The molecule has 1 aromatic carbocycles. The summed E-state index contributed by atoms with van der Waals surface area (Å²) in [4.78, 5) is 21.9. The van der Waals surface area contributed by atoms with Crippen LogP contribution in [0, 0.1) is 5.92 Å². The molecule has 0 amide bonds. The first kappa shape index (κ1) is 10.2. The molecule has 78 valence electrons. The van der Waals surface area contributed by atoms with Crippen molar-refractivity contribution in [1.82, 2.24) is 0 Å². The van der Waals surface area contributed by atoms with E-state index in [1.165, 1.54) is 0 Å². The van der Waals surface area contributed by atoms with Gasteiger partial charge in [-0.05, 0) is 17.7 Å². The standard InChI is InChI=1S/C11H9ClO3/c12-8-3-1-7(2-4-8)10-6-15-11(14)9(10)5-13/h1-5,9-10H,6H2. The minimum atomic E-state index is -0.675. The first-order valence-corrected chi connectivity index (χ1v) is 4.97. The summed E-state index contributed by atoms with van der Waals surface area (Å²) < 4.78 is 4.85. The number of carbonyl (C=O) groups is 2.